The van der Waals surface area contributed by atoms with E-state index in [1.165, 1.54) is 37.1 Å². The molecule has 1 N–H and O–H groups in total. The molecule has 2 saturated heterocycles. The van der Waals surface area contributed by atoms with Crippen molar-refractivity contribution in [1.29, 1.82) is 0 Å². The van der Waals surface area contributed by atoms with Crippen LogP contribution >= 0.6 is 12.2 Å². The Kier molecular flexibility index (Phi) is 8.82. The lowest BCUT2D eigenvalue weighted by Crippen LogP contribution is -2.46. The number of rotatable bonds is 9. The van der Waals surface area contributed by atoms with Crippen LogP contribution < -0.4 is 11.0 Å². The highest BCUT2D eigenvalue weighted by atomic mass is 32.1. The summed E-state index contributed by atoms with van der Waals surface area (Å²) in [6, 6.07) is 29.5. The molecule has 2 aliphatic heterocycles. The van der Waals surface area contributed by atoms with Crippen LogP contribution in [0, 0.1) is 0 Å². The molecule has 0 atom stereocenters. The molecule has 1 aromatic heterocycles. The van der Waals surface area contributed by atoms with Crippen molar-refractivity contribution in [3.8, 4) is 0 Å². The minimum absolute atomic E-state index is 0.00585. The molecule has 0 unspecified atom stereocenters. The predicted octanol–water partition coefficient (Wildman–Crippen LogP) is 5.98. The van der Waals surface area contributed by atoms with Gasteiger partial charge in [0.15, 0.2) is 5.11 Å². The van der Waals surface area contributed by atoms with Crippen molar-refractivity contribution in [2.24, 2.45) is 0 Å². The number of aromatic nitrogens is 2. The van der Waals surface area contributed by atoms with Gasteiger partial charge >= 0.3 is 5.69 Å². The molecule has 2 fully saturated rings. The lowest BCUT2D eigenvalue weighted by Gasteiger charge is -2.35. The standard InChI is InChI=1S/C34H41N5OS/c40-34-38(24-12-11-23-36-21-9-10-22-36)30-17-7-8-18-31(30)39(34)29-19-25-37(26-20-29)33(41)35-32(27-13-3-1-4-14-27)28-15-5-2-6-16-28/h1-8,13-18,29,32H,9-12,19-26H2,(H,35,41). The van der Waals surface area contributed by atoms with Crippen LogP contribution in [0.5, 0.6) is 0 Å². The van der Waals surface area contributed by atoms with Crippen molar-refractivity contribution in [1.82, 2.24) is 24.3 Å². The summed E-state index contributed by atoms with van der Waals surface area (Å²) >= 11 is 5.95. The fourth-order valence-corrected chi connectivity index (χ4v) is 6.91. The van der Waals surface area contributed by atoms with Gasteiger partial charge in [0.1, 0.15) is 0 Å². The van der Waals surface area contributed by atoms with Gasteiger partial charge in [0.2, 0.25) is 0 Å². The minimum atomic E-state index is -0.00585. The summed E-state index contributed by atoms with van der Waals surface area (Å²) in [6.07, 6.45) is 6.62. The zero-order valence-corrected chi connectivity index (χ0v) is 24.6. The summed E-state index contributed by atoms with van der Waals surface area (Å²) in [5.74, 6) is 0. The van der Waals surface area contributed by atoms with Crippen LogP contribution in [-0.2, 0) is 6.54 Å². The maximum Gasteiger partial charge on any atom is 0.329 e. The van der Waals surface area contributed by atoms with E-state index >= 15 is 0 Å². The Balaban J connectivity index is 1.12. The maximum atomic E-state index is 13.8. The van der Waals surface area contributed by atoms with Crippen molar-refractivity contribution in [2.75, 3.05) is 32.7 Å². The highest BCUT2D eigenvalue weighted by Gasteiger charge is 2.27. The van der Waals surface area contributed by atoms with Crippen LogP contribution in [0.25, 0.3) is 11.0 Å². The minimum Gasteiger partial charge on any atom is -0.352 e. The number of benzene rings is 3. The van der Waals surface area contributed by atoms with Crippen molar-refractivity contribution in [3.63, 3.8) is 0 Å². The second-order valence-electron chi connectivity index (χ2n) is 11.5. The van der Waals surface area contributed by atoms with Gasteiger partial charge in [-0.2, -0.15) is 0 Å². The number of likely N-dealkylation sites (tertiary alicyclic amines) is 2. The first-order chi connectivity index (χ1) is 20.2. The molecule has 3 aromatic carbocycles. The first kappa shape index (κ1) is 27.7. The number of unbranched alkanes of at least 4 members (excludes halogenated alkanes) is 1. The van der Waals surface area contributed by atoms with Gasteiger partial charge in [0.25, 0.3) is 0 Å². The SMILES string of the molecule is O=c1n(CCCCN2CCCC2)c2ccccc2n1C1CCN(C(=S)NC(c2ccccc2)c2ccccc2)CC1. The Morgan fingerprint density at radius 1 is 0.756 bits per heavy atom. The molecule has 2 aliphatic rings. The van der Waals surface area contributed by atoms with Crippen LogP contribution in [0.4, 0.5) is 0 Å². The average Bonchev–Trinajstić information content (AvgIpc) is 3.64. The molecule has 3 heterocycles. The van der Waals surface area contributed by atoms with Gasteiger partial charge < -0.3 is 15.1 Å². The summed E-state index contributed by atoms with van der Waals surface area (Å²) in [5.41, 5.74) is 4.64. The highest BCUT2D eigenvalue weighted by molar-refractivity contribution is 7.80. The second-order valence-corrected chi connectivity index (χ2v) is 11.9. The molecule has 0 spiro atoms. The van der Waals surface area contributed by atoms with Gasteiger partial charge in [-0.05, 0) is 93.6 Å². The normalized spacial score (nSPS) is 16.6. The smallest absolute Gasteiger partial charge is 0.329 e. The number of aryl methyl sites for hydroxylation is 1. The number of imidazole rings is 1. The number of piperidine rings is 1. The van der Waals surface area contributed by atoms with Crippen molar-refractivity contribution < 1.29 is 0 Å². The Hall–Kier alpha value is -3.42. The Labute approximate surface area is 248 Å². The number of hydrogen-bond donors (Lipinski definition) is 1. The molecule has 214 valence electrons. The van der Waals surface area contributed by atoms with Gasteiger partial charge in [-0.25, -0.2) is 4.79 Å². The fourth-order valence-electron chi connectivity index (χ4n) is 6.60. The van der Waals surface area contributed by atoms with E-state index in [4.69, 9.17) is 12.2 Å². The highest BCUT2D eigenvalue weighted by Crippen LogP contribution is 2.27. The summed E-state index contributed by atoms with van der Waals surface area (Å²) in [5, 5.41) is 4.42. The molecule has 6 nitrogen and oxygen atoms in total. The molecule has 0 bridgehead atoms. The molecule has 0 saturated carbocycles. The van der Waals surface area contributed by atoms with Gasteiger partial charge in [-0.3, -0.25) is 9.13 Å². The number of nitrogens with one attached hydrogen (secondary N) is 1. The zero-order valence-electron chi connectivity index (χ0n) is 23.8. The fraction of sp³-hybridized carbons (Fsp3) is 0.412. The maximum absolute atomic E-state index is 13.8. The summed E-state index contributed by atoms with van der Waals surface area (Å²) < 4.78 is 4.09. The average molecular weight is 568 g/mol. The molecule has 4 aromatic rings. The van der Waals surface area contributed by atoms with E-state index < -0.39 is 0 Å². The van der Waals surface area contributed by atoms with Crippen LogP contribution in [0.1, 0.15) is 61.7 Å². The van der Waals surface area contributed by atoms with E-state index in [2.05, 4.69) is 92.5 Å². The van der Waals surface area contributed by atoms with Crippen molar-refractivity contribution in [2.45, 2.75) is 57.2 Å². The van der Waals surface area contributed by atoms with E-state index in [1.54, 1.807) is 0 Å². The third-order valence-corrected chi connectivity index (χ3v) is 9.20. The van der Waals surface area contributed by atoms with Gasteiger partial charge in [-0.1, -0.05) is 72.8 Å². The van der Waals surface area contributed by atoms with E-state index in [1.807, 2.05) is 16.7 Å². The zero-order chi connectivity index (χ0) is 28.0. The van der Waals surface area contributed by atoms with Gasteiger partial charge in [-0.15, -0.1) is 0 Å². The van der Waals surface area contributed by atoms with E-state index in [-0.39, 0.29) is 17.8 Å². The second kappa shape index (κ2) is 13.0. The quantitative estimate of drug-likeness (QED) is 0.199. The number of thiocarbonyl (C=S) groups is 1. The van der Waals surface area contributed by atoms with E-state index in [9.17, 15) is 4.79 Å². The number of fused-ring (bicyclic) bond motifs is 1. The van der Waals surface area contributed by atoms with Crippen LogP contribution in [0.2, 0.25) is 0 Å². The third-order valence-electron chi connectivity index (χ3n) is 8.82. The lowest BCUT2D eigenvalue weighted by atomic mass is 9.99. The van der Waals surface area contributed by atoms with Gasteiger partial charge in [0, 0.05) is 25.7 Å². The Morgan fingerprint density at radius 3 is 1.95 bits per heavy atom. The molecular formula is C34H41N5OS. The van der Waals surface area contributed by atoms with E-state index in [0.29, 0.717) is 0 Å². The van der Waals surface area contributed by atoms with E-state index in [0.717, 1.165) is 68.0 Å². The van der Waals surface area contributed by atoms with Gasteiger partial charge in [0.05, 0.1) is 17.1 Å². The van der Waals surface area contributed by atoms with Crippen molar-refractivity contribution >= 4 is 28.4 Å². The molecule has 0 amide bonds. The first-order valence-corrected chi connectivity index (χ1v) is 15.7. The first-order valence-electron chi connectivity index (χ1n) is 15.3. The molecule has 0 radical (unpaired) electrons. The monoisotopic (exact) mass is 567 g/mol. The summed E-state index contributed by atoms with van der Waals surface area (Å²) in [4.78, 5) is 18.6. The van der Waals surface area contributed by atoms with Crippen LogP contribution in [-0.4, -0.2) is 56.8 Å². The van der Waals surface area contributed by atoms with Crippen LogP contribution in [0.15, 0.2) is 89.7 Å². The Morgan fingerprint density at radius 2 is 1.32 bits per heavy atom. The molecule has 41 heavy (non-hydrogen) atoms. The largest absolute Gasteiger partial charge is 0.352 e. The number of hydrogen-bond acceptors (Lipinski definition) is 3. The van der Waals surface area contributed by atoms with Crippen LogP contribution in [0.3, 0.4) is 0 Å². The predicted molar refractivity (Wildman–Crippen MR) is 171 cm³/mol. The van der Waals surface area contributed by atoms with Crippen molar-refractivity contribution in [3.05, 3.63) is 107 Å². The Bertz CT molecular complexity index is 1440. The topological polar surface area (TPSA) is 45.4 Å². The molecule has 6 rings (SSSR count). The lowest BCUT2D eigenvalue weighted by molar-refractivity contribution is 0.262. The third kappa shape index (κ3) is 6.26. The summed E-state index contributed by atoms with van der Waals surface area (Å²) in [7, 11) is 0. The number of para-hydroxylation sites is 2. The summed E-state index contributed by atoms with van der Waals surface area (Å²) in [6.45, 7) is 6.05. The number of nitrogens with zero attached hydrogens (tertiary/aromatic N) is 4. The molecular weight excluding hydrogens is 526 g/mol. The molecule has 0 aliphatic carbocycles. The molecule has 7 heteroatoms.